The lowest BCUT2D eigenvalue weighted by Crippen LogP contribution is -2.29. The summed E-state index contributed by atoms with van der Waals surface area (Å²) in [6.45, 7) is 1.18. The number of rotatable bonds is 4. The Morgan fingerprint density at radius 1 is 1.43 bits per heavy atom. The van der Waals surface area contributed by atoms with Crippen LogP contribution in [0.1, 0.15) is 34.0 Å². The molecule has 1 aromatic carbocycles. The molecule has 0 saturated carbocycles. The number of aliphatic hydroxyl groups excluding tert-OH is 1. The largest absolute Gasteiger partial charge is 0.387 e. The molecular weight excluding hydrogens is 284 g/mol. The SMILES string of the molecule is O=C(NCC(O)c1ccsc1)c1cccc2c1CCCN2. The lowest BCUT2D eigenvalue weighted by atomic mass is 9.97. The van der Waals surface area contributed by atoms with E-state index in [-0.39, 0.29) is 12.5 Å². The van der Waals surface area contributed by atoms with Gasteiger partial charge in [-0.3, -0.25) is 4.79 Å². The minimum atomic E-state index is -0.655. The van der Waals surface area contributed by atoms with Crippen LogP contribution in [0.5, 0.6) is 0 Å². The van der Waals surface area contributed by atoms with Crippen LogP contribution in [0.25, 0.3) is 0 Å². The zero-order chi connectivity index (χ0) is 14.7. The van der Waals surface area contributed by atoms with E-state index in [1.807, 2.05) is 35.0 Å². The number of hydrogen-bond donors (Lipinski definition) is 3. The summed E-state index contributed by atoms with van der Waals surface area (Å²) in [6, 6.07) is 7.61. The topological polar surface area (TPSA) is 61.4 Å². The van der Waals surface area contributed by atoms with Crippen LogP contribution in [0.15, 0.2) is 35.0 Å². The van der Waals surface area contributed by atoms with Gasteiger partial charge < -0.3 is 15.7 Å². The Morgan fingerprint density at radius 3 is 3.14 bits per heavy atom. The van der Waals surface area contributed by atoms with Gasteiger partial charge in [-0.1, -0.05) is 6.07 Å². The number of nitrogens with one attached hydrogen (secondary N) is 2. The molecule has 3 rings (SSSR count). The molecule has 1 aliphatic heterocycles. The molecule has 0 saturated heterocycles. The number of benzene rings is 1. The van der Waals surface area contributed by atoms with Gasteiger partial charge in [-0.2, -0.15) is 11.3 Å². The van der Waals surface area contributed by atoms with Crippen molar-refractivity contribution in [1.82, 2.24) is 5.32 Å². The normalized spacial score (nSPS) is 14.9. The smallest absolute Gasteiger partial charge is 0.251 e. The van der Waals surface area contributed by atoms with E-state index < -0.39 is 6.10 Å². The fourth-order valence-electron chi connectivity index (χ4n) is 2.59. The first kappa shape index (κ1) is 14.1. The van der Waals surface area contributed by atoms with Gasteiger partial charge in [0, 0.05) is 24.3 Å². The quantitative estimate of drug-likeness (QED) is 0.813. The van der Waals surface area contributed by atoms with Crippen molar-refractivity contribution in [3.05, 3.63) is 51.7 Å². The highest BCUT2D eigenvalue weighted by Crippen LogP contribution is 2.25. The Hall–Kier alpha value is -1.85. The highest BCUT2D eigenvalue weighted by molar-refractivity contribution is 7.07. The van der Waals surface area contributed by atoms with Crippen molar-refractivity contribution in [1.29, 1.82) is 0 Å². The predicted octanol–water partition coefficient (Wildman–Crippen LogP) is 2.57. The molecule has 1 amide bonds. The highest BCUT2D eigenvalue weighted by atomic mass is 32.1. The highest BCUT2D eigenvalue weighted by Gasteiger charge is 2.18. The molecule has 0 aliphatic carbocycles. The summed E-state index contributed by atoms with van der Waals surface area (Å²) in [4.78, 5) is 12.3. The molecule has 4 nitrogen and oxygen atoms in total. The second kappa shape index (κ2) is 6.28. The number of fused-ring (bicyclic) bond motifs is 1. The van der Waals surface area contributed by atoms with Crippen LogP contribution in [0, 0.1) is 0 Å². The van der Waals surface area contributed by atoms with Crippen molar-refractivity contribution in [2.24, 2.45) is 0 Å². The fraction of sp³-hybridized carbons (Fsp3) is 0.312. The standard InChI is InChI=1S/C16H18N2O2S/c19-15(11-6-8-21-10-11)9-18-16(20)13-3-1-5-14-12(13)4-2-7-17-14/h1,3,5-6,8,10,15,17,19H,2,4,7,9H2,(H,18,20). The number of carbonyl (C=O) groups excluding carboxylic acids is 1. The number of anilines is 1. The van der Waals surface area contributed by atoms with E-state index in [4.69, 9.17) is 0 Å². The molecule has 3 N–H and O–H groups in total. The molecule has 1 aromatic heterocycles. The molecule has 2 aromatic rings. The van der Waals surface area contributed by atoms with E-state index >= 15 is 0 Å². The van der Waals surface area contributed by atoms with Crippen LogP contribution in [-0.2, 0) is 6.42 Å². The zero-order valence-electron chi connectivity index (χ0n) is 11.6. The summed E-state index contributed by atoms with van der Waals surface area (Å²) in [7, 11) is 0. The molecule has 21 heavy (non-hydrogen) atoms. The molecule has 0 fully saturated rings. The Kier molecular flexibility index (Phi) is 4.22. The molecule has 0 bridgehead atoms. The Balaban J connectivity index is 1.68. The van der Waals surface area contributed by atoms with Crippen LogP contribution >= 0.6 is 11.3 Å². The number of aliphatic hydroxyl groups is 1. The third kappa shape index (κ3) is 3.09. The molecule has 110 valence electrons. The van der Waals surface area contributed by atoms with Gasteiger partial charge in [0.2, 0.25) is 0 Å². The average molecular weight is 302 g/mol. The molecule has 2 heterocycles. The number of thiophene rings is 1. The van der Waals surface area contributed by atoms with Gasteiger partial charge in [-0.05, 0) is 52.9 Å². The van der Waals surface area contributed by atoms with E-state index in [0.717, 1.165) is 36.2 Å². The zero-order valence-corrected chi connectivity index (χ0v) is 12.5. The lowest BCUT2D eigenvalue weighted by molar-refractivity contribution is 0.0915. The predicted molar refractivity (Wildman–Crippen MR) is 84.9 cm³/mol. The molecule has 5 heteroatoms. The van der Waals surface area contributed by atoms with Gasteiger partial charge in [0.05, 0.1) is 6.10 Å². The molecule has 1 unspecified atom stereocenters. The van der Waals surface area contributed by atoms with E-state index in [2.05, 4.69) is 10.6 Å². The third-order valence-electron chi connectivity index (χ3n) is 3.72. The first-order valence-corrected chi connectivity index (χ1v) is 8.04. The van der Waals surface area contributed by atoms with Crippen molar-refractivity contribution in [3.8, 4) is 0 Å². The van der Waals surface area contributed by atoms with Gasteiger partial charge in [0.1, 0.15) is 0 Å². The van der Waals surface area contributed by atoms with Crippen molar-refractivity contribution in [2.75, 3.05) is 18.4 Å². The number of carbonyl (C=O) groups is 1. The minimum Gasteiger partial charge on any atom is -0.387 e. The monoisotopic (exact) mass is 302 g/mol. The molecule has 0 radical (unpaired) electrons. The minimum absolute atomic E-state index is 0.121. The Bertz CT molecular complexity index is 625. The maximum Gasteiger partial charge on any atom is 0.251 e. The number of amides is 1. The average Bonchev–Trinajstić information content (AvgIpc) is 3.06. The van der Waals surface area contributed by atoms with Crippen LogP contribution in [-0.4, -0.2) is 24.1 Å². The number of hydrogen-bond acceptors (Lipinski definition) is 4. The van der Waals surface area contributed by atoms with E-state index in [1.54, 1.807) is 0 Å². The van der Waals surface area contributed by atoms with Gasteiger partial charge in [-0.15, -0.1) is 0 Å². The third-order valence-corrected chi connectivity index (χ3v) is 4.43. The van der Waals surface area contributed by atoms with E-state index in [1.165, 1.54) is 11.3 Å². The molecular formula is C16H18N2O2S. The Morgan fingerprint density at radius 2 is 2.33 bits per heavy atom. The van der Waals surface area contributed by atoms with Gasteiger partial charge in [0.25, 0.3) is 5.91 Å². The van der Waals surface area contributed by atoms with Gasteiger partial charge in [0.15, 0.2) is 0 Å². The Labute approximate surface area is 127 Å². The van der Waals surface area contributed by atoms with Crippen molar-refractivity contribution >= 4 is 22.9 Å². The summed E-state index contributed by atoms with van der Waals surface area (Å²) < 4.78 is 0. The van der Waals surface area contributed by atoms with E-state index in [0.29, 0.717) is 5.56 Å². The van der Waals surface area contributed by atoms with Crippen molar-refractivity contribution in [3.63, 3.8) is 0 Å². The molecule has 1 aliphatic rings. The van der Waals surface area contributed by atoms with Crippen LogP contribution in [0.3, 0.4) is 0 Å². The summed E-state index contributed by atoms with van der Waals surface area (Å²) in [5.41, 5.74) is 3.67. The van der Waals surface area contributed by atoms with E-state index in [9.17, 15) is 9.90 Å². The van der Waals surface area contributed by atoms with Crippen LogP contribution in [0.2, 0.25) is 0 Å². The van der Waals surface area contributed by atoms with Gasteiger partial charge in [-0.25, -0.2) is 0 Å². The summed E-state index contributed by atoms with van der Waals surface area (Å²) in [5, 5.41) is 20.0. The first-order chi connectivity index (χ1) is 10.3. The van der Waals surface area contributed by atoms with Crippen LogP contribution < -0.4 is 10.6 Å². The van der Waals surface area contributed by atoms with Crippen molar-refractivity contribution < 1.29 is 9.90 Å². The first-order valence-electron chi connectivity index (χ1n) is 7.10. The summed E-state index contributed by atoms with van der Waals surface area (Å²) >= 11 is 1.54. The maximum absolute atomic E-state index is 12.3. The molecule has 1 atom stereocenters. The summed E-state index contributed by atoms with van der Waals surface area (Å²) in [5.74, 6) is -0.121. The molecule has 0 spiro atoms. The van der Waals surface area contributed by atoms with Crippen molar-refractivity contribution in [2.45, 2.75) is 18.9 Å². The second-order valence-corrected chi connectivity index (χ2v) is 5.92. The maximum atomic E-state index is 12.3. The van der Waals surface area contributed by atoms with Crippen LogP contribution in [0.4, 0.5) is 5.69 Å². The second-order valence-electron chi connectivity index (χ2n) is 5.14. The fourth-order valence-corrected chi connectivity index (χ4v) is 3.30. The lowest BCUT2D eigenvalue weighted by Gasteiger charge is -2.21. The summed E-state index contributed by atoms with van der Waals surface area (Å²) in [6.07, 6.45) is 1.30. The van der Waals surface area contributed by atoms with Gasteiger partial charge >= 0.3 is 0 Å².